The van der Waals surface area contributed by atoms with E-state index in [1.54, 1.807) is 17.4 Å². The fourth-order valence-electron chi connectivity index (χ4n) is 1.93. The van der Waals surface area contributed by atoms with Gasteiger partial charge in [-0.25, -0.2) is 4.39 Å². The van der Waals surface area contributed by atoms with E-state index in [0.717, 1.165) is 12.1 Å². The largest absolute Gasteiger partial charge is 0.312 e. The summed E-state index contributed by atoms with van der Waals surface area (Å²) in [5.41, 5.74) is 1.01. The van der Waals surface area contributed by atoms with Crippen molar-refractivity contribution in [1.29, 1.82) is 0 Å². The first-order valence-electron chi connectivity index (χ1n) is 6.18. The van der Waals surface area contributed by atoms with E-state index in [1.165, 1.54) is 17.0 Å². The molecule has 1 heterocycles. The molecule has 0 amide bonds. The minimum absolute atomic E-state index is 0.0840. The highest BCUT2D eigenvalue weighted by molar-refractivity contribution is 7.10. The normalized spacial score (nSPS) is 11.8. The maximum atomic E-state index is 12.9. The number of hydrogen-bond donors (Lipinski definition) is 1. The summed E-state index contributed by atoms with van der Waals surface area (Å²) in [5.74, 6) is -0.298. The van der Waals surface area contributed by atoms with Crippen LogP contribution in [-0.4, -0.2) is 6.54 Å². The summed E-state index contributed by atoms with van der Waals surface area (Å²) in [5, 5.41) is 5.96. The Hall–Kier alpha value is -0.900. The number of benzene rings is 1. The van der Waals surface area contributed by atoms with Crippen LogP contribution in [0.3, 0.4) is 0 Å². The van der Waals surface area contributed by atoms with Crippen LogP contribution >= 0.6 is 22.9 Å². The second-order valence-corrected chi connectivity index (χ2v) is 6.56. The first-order valence-corrected chi connectivity index (χ1v) is 7.43. The Morgan fingerprint density at radius 2 is 2.11 bits per heavy atom. The van der Waals surface area contributed by atoms with Gasteiger partial charge in [0.05, 0.1) is 0 Å². The highest BCUT2D eigenvalue weighted by atomic mass is 35.5. The molecule has 1 N–H and O–H groups in total. The van der Waals surface area contributed by atoms with Gasteiger partial charge in [0.2, 0.25) is 0 Å². The van der Waals surface area contributed by atoms with Crippen molar-refractivity contribution >= 4 is 22.9 Å². The van der Waals surface area contributed by atoms with Gasteiger partial charge in [0, 0.05) is 28.4 Å². The Kier molecular flexibility index (Phi) is 4.61. The van der Waals surface area contributed by atoms with Crippen molar-refractivity contribution in [3.05, 3.63) is 57.0 Å². The highest BCUT2D eigenvalue weighted by Crippen LogP contribution is 2.27. The Balaban J connectivity index is 1.93. The lowest BCUT2D eigenvalue weighted by Gasteiger charge is -2.24. The molecule has 1 aromatic heterocycles. The standard InChI is InChI=1S/C15H17ClFNS/c1-15(2,14-4-3-7-19-14)10-18-9-11-5-6-12(17)8-13(11)16/h3-8,18H,9-10H2,1-2H3. The Morgan fingerprint density at radius 3 is 2.74 bits per heavy atom. The molecule has 0 aliphatic carbocycles. The van der Waals surface area contributed by atoms with Crippen LogP contribution in [-0.2, 0) is 12.0 Å². The molecule has 0 saturated heterocycles. The van der Waals surface area contributed by atoms with Crippen LogP contribution < -0.4 is 5.32 Å². The summed E-state index contributed by atoms with van der Waals surface area (Å²) < 4.78 is 12.9. The highest BCUT2D eigenvalue weighted by Gasteiger charge is 2.21. The van der Waals surface area contributed by atoms with E-state index >= 15 is 0 Å². The van der Waals surface area contributed by atoms with Crippen molar-refractivity contribution in [2.75, 3.05) is 6.54 Å². The SMILES string of the molecule is CC(C)(CNCc1ccc(F)cc1Cl)c1cccs1. The van der Waals surface area contributed by atoms with Crippen LogP contribution in [0.15, 0.2) is 35.7 Å². The summed E-state index contributed by atoms with van der Waals surface area (Å²) in [6.45, 7) is 5.91. The molecule has 0 aliphatic rings. The maximum Gasteiger partial charge on any atom is 0.124 e. The van der Waals surface area contributed by atoms with Gasteiger partial charge >= 0.3 is 0 Å². The summed E-state index contributed by atoms with van der Waals surface area (Å²) in [4.78, 5) is 1.35. The molecular weight excluding hydrogens is 281 g/mol. The second-order valence-electron chi connectivity index (χ2n) is 5.20. The number of halogens is 2. The van der Waals surface area contributed by atoms with Crippen LogP contribution in [0, 0.1) is 5.82 Å². The molecule has 1 aromatic carbocycles. The number of thiophene rings is 1. The van der Waals surface area contributed by atoms with Gasteiger partial charge in [0.25, 0.3) is 0 Å². The van der Waals surface area contributed by atoms with E-state index in [2.05, 4.69) is 36.7 Å². The molecule has 0 atom stereocenters. The lowest BCUT2D eigenvalue weighted by atomic mass is 9.91. The molecule has 1 nitrogen and oxygen atoms in total. The lowest BCUT2D eigenvalue weighted by molar-refractivity contribution is 0.476. The third-order valence-corrected chi connectivity index (χ3v) is 4.67. The van der Waals surface area contributed by atoms with Gasteiger partial charge in [-0.15, -0.1) is 11.3 Å². The summed E-state index contributed by atoms with van der Waals surface area (Å²) in [7, 11) is 0. The summed E-state index contributed by atoms with van der Waals surface area (Å²) in [6, 6.07) is 8.73. The second kappa shape index (κ2) is 6.04. The van der Waals surface area contributed by atoms with Crippen LogP contribution in [0.5, 0.6) is 0 Å². The molecule has 0 spiro atoms. The first-order chi connectivity index (χ1) is 8.99. The van der Waals surface area contributed by atoms with Crippen molar-refractivity contribution in [3.63, 3.8) is 0 Å². The summed E-state index contributed by atoms with van der Waals surface area (Å²) in [6.07, 6.45) is 0. The van der Waals surface area contributed by atoms with E-state index in [4.69, 9.17) is 11.6 Å². The fraction of sp³-hybridized carbons (Fsp3) is 0.333. The maximum absolute atomic E-state index is 12.9. The molecule has 4 heteroatoms. The number of hydrogen-bond acceptors (Lipinski definition) is 2. The molecule has 0 saturated carbocycles. The number of rotatable bonds is 5. The van der Waals surface area contributed by atoms with Crippen molar-refractivity contribution < 1.29 is 4.39 Å². The van der Waals surface area contributed by atoms with Gasteiger partial charge in [-0.2, -0.15) is 0 Å². The quantitative estimate of drug-likeness (QED) is 0.850. The van der Waals surface area contributed by atoms with E-state index < -0.39 is 0 Å². The molecule has 102 valence electrons. The average Bonchev–Trinajstić information content (AvgIpc) is 2.86. The molecule has 0 aliphatic heterocycles. The average molecular weight is 298 g/mol. The zero-order chi connectivity index (χ0) is 13.9. The van der Waals surface area contributed by atoms with E-state index in [9.17, 15) is 4.39 Å². The van der Waals surface area contributed by atoms with Crippen molar-refractivity contribution in [2.24, 2.45) is 0 Å². The molecule has 0 fully saturated rings. The van der Waals surface area contributed by atoms with Gasteiger partial charge in [-0.3, -0.25) is 0 Å². The minimum atomic E-state index is -0.298. The van der Waals surface area contributed by atoms with Crippen molar-refractivity contribution in [2.45, 2.75) is 25.8 Å². The van der Waals surface area contributed by atoms with Gasteiger partial charge in [0.1, 0.15) is 5.82 Å². The zero-order valence-corrected chi connectivity index (χ0v) is 12.6. The molecule has 0 radical (unpaired) electrons. The molecule has 2 rings (SSSR count). The van der Waals surface area contributed by atoms with Crippen LogP contribution in [0.2, 0.25) is 5.02 Å². The Bertz CT molecular complexity index is 537. The predicted molar refractivity (Wildman–Crippen MR) is 80.5 cm³/mol. The predicted octanol–water partition coefficient (Wildman–Crippen LogP) is 4.61. The van der Waals surface area contributed by atoms with Crippen molar-refractivity contribution in [3.8, 4) is 0 Å². The lowest BCUT2D eigenvalue weighted by Crippen LogP contribution is -2.31. The number of nitrogens with one attached hydrogen (secondary N) is 1. The topological polar surface area (TPSA) is 12.0 Å². The van der Waals surface area contributed by atoms with Gasteiger partial charge < -0.3 is 5.32 Å². The Labute approximate surface area is 122 Å². The van der Waals surface area contributed by atoms with Gasteiger partial charge in [-0.05, 0) is 29.1 Å². The summed E-state index contributed by atoms with van der Waals surface area (Å²) >= 11 is 7.77. The zero-order valence-electron chi connectivity index (χ0n) is 11.0. The molecular formula is C15H17ClFNS. The van der Waals surface area contributed by atoms with Crippen LogP contribution in [0.1, 0.15) is 24.3 Å². The van der Waals surface area contributed by atoms with E-state index in [-0.39, 0.29) is 11.2 Å². The minimum Gasteiger partial charge on any atom is -0.312 e. The van der Waals surface area contributed by atoms with Crippen LogP contribution in [0.4, 0.5) is 4.39 Å². The molecule has 19 heavy (non-hydrogen) atoms. The fourth-order valence-corrected chi connectivity index (χ4v) is 3.01. The van der Waals surface area contributed by atoms with E-state index in [1.807, 2.05) is 0 Å². The third-order valence-electron chi connectivity index (χ3n) is 3.09. The molecule has 2 aromatic rings. The Morgan fingerprint density at radius 1 is 1.32 bits per heavy atom. The first kappa shape index (κ1) is 14.5. The van der Waals surface area contributed by atoms with E-state index in [0.29, 0.717) is 11.6 Å². The van der Waals surface area contributed by atoms with Gasteiger partial charge in [0.15, 0.2) is 0 Å². The molecule has 0 unspecified atom stereocenters. The van der Waals surface area contributed by atoms with Gasteiger partial charge in [-0.1, -0.05) is 37.6 Å². The monoisotopic (exact) mass is 297 g/mol. The molecule has 0 bridgehead atoms. The van der Waals surface area contributed by atoms with Crippen molar-refractivity contribution in [1.82, 2.24) is 5.32 Å². The third kappa shape index (κ3) is 3.78. The smallest absolute Gasteiger partial charge is 0.124 e. The van der Waals surface area contributed by atoms with Crippen LogP contribution in [0.25, 0.3) is 0 Å².